The summed E-state index contributed by atoms with van der Waals surface area (Å²) in [5.41, 5.74) is 0.0949. The quantitative estimate of drug-likeness (QED) is 0.831. The summed E-state index contributed by atoms with van der Waals surface area (Å²) in [6.45, 7) is 4.79. The van der Waals surface area contributed by atoms with Crippen LogP contribution in [0.2, 0.25) is 0 Å². The minimum atomic E-state index is 0.0949. The summed E-state index contributed by atoms with van der Waals surface area (Å²) in [6, 6.07) is 0.549. The van der Waals surface area contributed by atoms with E-state index in [4.69, 9.17) is 4.74 Å². The van der Waals surface area contributed by atoms with E-state index in [0.29, 0.717) is 6.04 Å². The Morgan fingerprint density at radius 1 is 1.05 bits per heavy atom. The summed E-state index contributed by atoms with van der Waals surface area (Å²) in [7, 11) is 4.08. The van der Waals surface area contributed by atoms with Crippen molar-refractivity contribution in [2.24, 2.45) is 17.8 Å². The number of hydrogen-bond acceptors (Lipinski definition) is 2. The Morgan fingerprint density at radius 3 is 2.26 bits per heavy atom. The molecule has 0 aromatic rings. The first kappa shape index (κ1) is 15.3. The van der Waals surface area contributed by atoms with Crippen molar-refractivity contribution >= 4 is 0 Å². The van der Waals surface area contributed by atoms with Crippen LogP contribution >= 0.6 is 0 Å². The van der Waals surface area contributed by atoms with Crippen molar-refractivity contribution in [3.63, 3.8) is 0 Å². The summed E-state index contributed by atoms with van der Waals surface area (Å²) in [6.07, 6.45) is 10.8. The lowest BCUT2D eigenvalue weighted by Crippen LogP contribution is -2.57. The maximum Gasteiger partial charge on any atom is 0.0836 e. The van der Waals surface area contributed by atoms with Crippen LogP contribution in [0.3, 0.4) is 0 Å². The molecule has 2 rings (SSSR count). The number of likely N-dealkylation sites (N-methyl/N-ethyl adjacent to an activating group) is 1. The Labute approximate surface area is 119 Å². The van der Waals surface area contributed by atoms with Crippen LogP contribution in [0.15, 0.2) is 0 Å². The standard InChI is InChI=1S/C17H33NO/c1-13-7-9-15(10-8-13)16(18-3)17(19-4)11-5-6-14(2)12-17/h13-16,18H,5-12H2,1-4H3. The summed E-state index contributed by atoms with van der Waals surface area (Å²) in [4.78, 5) is 0. The number of nitrogens with one attached hydrogen (secondary N) is 1. The van der Waals surface area contributed by atoms with Gasteiger partial charge in [-0.05, 0) is 50.5 Å². The van der Waals surface area contributed by atoms with E-state index in [1.807, 2.05) is 7.11 Å². The Balaban J connectivity index is 2.09. The van der Waals surface area contributed by atoms with Gasteiger partial charge in [-0.15, -0.1) is 0 Å². The molecule has 3 unspecified atom stereocenters. The highest BCUT2D eigenvalue weighted by atomic mass is 16.5. The van der Waals surface area contributed by atoms with Crippen LogP contribution in [0.25, 0.3) is 0 Å². The second-order valence-electron chi connectivity index (χ2n) is 7.26. The number of methoxy groups -OCH3 is 1. The van der Waals surface area contributed by atoms with Crippen LogP contribution in [0.4, 0.5) is 0 Å². The van der Waals surface area contributed by atoms with E-state index >= 15 is 0 Å². The molecule has 3 atom stereocenters. The highest BCUT2D eigenvalue weighted by molar-refractivity contribution is 5.00. The van der Waals surface area contributed by atoms with Crippen molar-refractivity contribution in [3.8, 4) is 0 Å². The lowest BCUT2D eigenvalue weighted by Gasteiger charge is -2.48. The van der Waals surface area contributed by atoms with E-state index in [1.54, 1.807) is 0 Å². The molecule has 2 heteroatoms. The van der Waals surface area contributed by atoms with E-state index in [9.17, 15) is 0 Å². The lowest BCUT2D eigenvalue weighted by atomic mass is 9.67. The third kappa shape index (κ3) is 3.33. The third-order valence-corrected chi connectivity index (χ3v) is 5.81. The van der Waals surface area contributed by atoms with Crippen LogP contribution < -0.4 is 5.32 Å². The molecule has 112 valence electrons. The molecule has 19 heavy (non-hydrogen) atoms. The van der Waals surface area contributed by atoms with Gasteiger partial charge in [-0.1, -0.05) is 39.5 Å². The van der Waals surface area contributed by atoms with Gasteiger partial charge in [0, 0.05) is 13.2 Å². The van der Waals surface area contributed by atoms with E-state index in [2.05, 4.69) is 26.2 Å². The number of ether oxygens (including phenoxy) is 1. The predicted octanol–water partition coefficient (Wildman–Crippen LogP) is 4.00. The first-order valence-electron chi connectivity index (χ1n) is 8.33. The zero-order chi connectivity index (χ0) is 13.9. The van der Waals surface area contributed by atoms with Crippen molar-refractivity contribution in [1.82, 2.24) is 5.32 Å². The molecule has 0 saturated heterocycles. The van der Waals surface area contributed by atoms with Crippen molar-refractivity contribution < 1.29 is 4.74 Å². The maximum absolute atomic E-state index is 6.12. The Bertz CT molecular complexity index is 272. The number of hydrogen-bond donors (Lipinski definition) is 1. The SMILES string of the molecule is CNC(C1CCC(C)CC1)C1(OC)CCCC(C)C1. The second kappa shape index (κ2) is 6.58. The van der Waals surface area contributed by atoms with Crippen molar-refractivity contribution in [3.05, 3.63) is 0 Å². The molecule has 2 aliphatic rings. The Kier molecular flexibility index (Phi) is 5.30. The summed E-state index contributed by atoms with van der Waals surface area (Å²) < 4.78 is 6.12. The summed E-state index contributed by atoms with van der Waals surface area (Å²) >= 11 is 0. The topological polar surface area (TPSA) is 21.3 Å². The van der Waals surface area contributed by atoms with Crippen LogP contribution in [0.1, 0.15) is 65.2 Å². The van der Waals surface area contributed by atoms with Gasteiger partial charge in [0.05, 0.1) is 5.60 Å². The molecule has 0 radical (unpaired) electrons. The summed E-state index contributed by atoms with van der Waals surface area (Å²) in [5.74, 6) is 2.55. The minimum Gasteiger partial charge on any atom is -0.377 e. The molecule has 2 nitrogen and oxygen atoms in total. The van der Waals surface area contributed by atoms with Gasteiger partial charge in [-0.25, -0.2) is 0 Å². The Morgan fingerprint density at radius 2 is 1.74 bits per heavy atom. The largest absolute Gasteiger partial charge is 0.377 e. The van der Waals surface area contributed by atoms with E-state index < -0.39 is 0 Å². The fraction of sp³-hybridized carbons (Fsp3) is 1.00. The lowest BCUT2D eigenvalue weighted by molar-refractivity contribution is -0.0950. The molecule has 0 amide bonds. The fourth-order valence-corrected chi connectivity index (χ4v) is 4.69. The monoisotopic (exact) mass is 267 g/mol. The van der Waals surface area contributed by atoms with Crippen molar-refractivity contribution in [2.75, 3.05) is 14.2 Å². The van der Waals surface area contributed by atoms with Gasteiger partial charge >= 0.3 is 0 Å². The third-order valence-electron chi connectivity index (χ3n) is 5.81. The predicted molar refractivity (Wildman–Crippen MR) is 81.3 cm³/mol. The Hall–Kier alpha value is -0.0800. The molecule has 0 spiro atoms. The second-order valence-corrected chi connectivity index (χ2v) is 7.26. The van der Waals surface area contributed by atoms with Gasteiger partial charge in [-0.2, -0.15) is 0 Å². The van der Waals surface area contributed by atoms with Gasteiger partial charge in [0.1, 0.15) is 0 Å². The fourth-order valence-electron chi connectivity index (χ4n) is 4.69. The van der Waals surface area contributed by atoms with Crippen LogP contribution in [-0.2, 0) is 4.74 Å². The van der Waals surface area contributed by atoms with E-state index in [-0.39, 0.29) is 5.60 Å². The normalized spacial score (nSPS) is 42.0. The van der Waals surface area contributed by atoms with Gasteiger partial charge in [0.2, 0.25) is 0 Å². The highest BCUT2D eigenvalue weighted by Crippen LogP contribution is 2.43. The molecule has 0 aromatic carbocycles. The molecule has 0 bridgehead atoms. The van der Waals surface area contributed by atoms with Crippen molar-refractivity contribution in [1.29, 1.82) is 0 Å². The molecule has 0 aromatic heterocycles. The minimum absolute atomic E-state index is 0.0949. The molecule has 2 aliphatic carbocycles. The van der Waals surface area contributed by atoms with E-state index in [0.717, 1.165) is 17.8 Å². The van der Waals surface area contributed by atoms with Gasteiger partial charge < -0.3 is 10.1 Å². The zero-order valence-corrected chi connectivity index (χ0v) is 13.4. The van der Waals surface area contributed by atoms with Gasteiger partial charge in [0.15, 0.2) is 0 Å². The van der Waals surface area contributed by atoms with Crippen LogP contribution in [-0.4, -0.2) is 25.8 Å². The number of rotatable bonds is 4. The molecular weight excluding hydrogens is 234 g/mol. The average molecular weight is 267 g/mol. The molecular formula is C17H33NO. The zero-order valence-electron chi connectivity index (χ0n) is 13.4. The summed E-state index contributed by atoms with van der Waals surface area (Å²) in [5, 5.41) is 3.64. The maximum atomic E-state index is 6.12. The van der Waals surface area contributed by atoms with Gasteiger partial charge in [-0.3, -0.25) is 0 Å². The molecule has 1 N–H and O–H groups in total. The smallest absolute Gasteiger partial charge is 0.0836 e. The molecule has 2 fully saturated rings. The first-order valence-corrected chi connectivity index (χ1v) is 8.33. The van der Waals surface area contributed by atoms with Gasteiger partial charge in [0.25, 0.3) is 0 Å². The molecule has 2 saturated carbocycles. The average Bonchev–Trinajstić information content (AvgIpc) is 2.42. The highest BCUT2D eigenvalue weighted by Gasteiger charge is 2.45. The van der Waals surface area contributed by atoms with E-state index in [1.165, 1.54) is 51.4 Å². The first-order chi connectivity index (χ1) is 9.11. The molecule has 0 aliphatic heterocycles. The van der Waals surface area contributed by atoms with Crippen molar-refractivity contribution in [2.45, 2.75) is 76.9 Å². The van der Waals surface area contributed by atoms with Crippen LogP contribution in [0.5, 0.6) is 0 Å². The van der Waals surface area contributed by atoms with Crippen LogP contribution in [0, 0.1) is 17.8 Å². The molecule has 0 heterocycles.